The van der Waals surface area contributed by atoms with Crippen molar-refractivity contribution in [2.75, 3.05) is 18.0 Å². The lowest BCUT2D eigenvalue weighted by Gasteiger charge is -2.33. The van der Waals surface area contributed by atoms with Gasteiger partial charge in [-0.25, -0.2) is 9.97 Å². The van der Waals surface area contributed by atoms with Crippen LogP contribution in [-0.4, -0.2) is 39.6 Å². The molecule has 1 saturated carbocycles. The third-order valence-electron chi connectivity index (χ3n) is 4.60. The van der Waals surface area contributed by atoms with E-state index in [0.717, 1.165) is 55.9 Å². The zero-order valence-electron chi connectivity index (χ0n) is 12.8. The first-order valence-electron chi connectivity index (χ1n) is 8.05. The molecule has 1 aliphatic heterocycles. The van der Waals surface area contributed by atoms with E-state index < -0.39 is 0 Å². The molecular formula is C16H21N5O. The Morgan fingerprint density at radius 3 is 3.00 bits per heavy atom. The van der Waals surface area contributed by atoms with Crippen LogP contribution in [0.15, 0.2) is 18.3 Å². The quantitative estimate of drug-likeness (QED) is 0.932. The normalized spacial score (nSPS) is 22.0. The minimum Gasteiger partial charge on any atom is -0.351 e. The van der Waals surface area contributed by atoms with Crippen LogP contribution in [0, 0.1) is 5.92 Å². The summed E-state index contributed by atoms with van der Waals surface area (Å²) >= 11 is 0. The fourth-order valence-corrected chi connectivity index (χ4v) is 3.24. The monoisotopic (exact) mass is 299 g/mol. The van der Waals surface area contributed by atoms with Gasteiger partial charge in [-0.15, -0.1) is 0 Å². The molecule has 1 saturated heterocycles. The van der Waals surface area contributed by atoms with Crippen molar-refractivity contribution in [3.63, 3.8) is 0 Å². The highest BCUT2D eigenvalue weighted by atomic mass is 16.2. The Kier molecular flexibility index (Phi) is 3.24. The van der Waals surface area contributed by atoms with E-state index in [4.69, 9.17) is 4.98 Å². The fourth-order valence-electron chi connectivity index (χ4n) is 3.24. The van der Waals surface area contributed by atoms with Crippen LogP contribution in [0.4, 0.5) is 5.95 Å². The number of pyridine rings is 1. The molecule has 1 amide bonds. The molecule has 6 nitrogen and oxygen atoms in total. The Labute approximate surface area is 129 Å². The molecular weight excluding hydrogens is 278 g/mol. The van der Waals surface area contributed by atoms with E-state index in [-0.39, 0.29) is 17.9 Å². The maximum Gasteiger partial charge on any atom is 0.223 e. The number of anilines is 1. The van der Waals surface area contributed by atoms with Crippen LogP contribution < -0.4 is 10.2 Å². The summed E-state index contributed by atoms with van der Waals surface area (Å²) in [6, 6.07) is 4.13. The Bertz CT molecular complexity index is 706. The van der Waals surface area contributed by atoms with Crippen LogP contribution in [0.2, 0.25) is 0 Å². The van der Waals surface area contributed by atoms with E-state index in [1.807, 2.05) is 23.7 Å². The third-order valence-corrected chi connectivity index (χ3v) is 4.60. The van der Waals surface area contributed by atoms with E-state index in [9.17, 15) is 4.79 Å². The first kappa shape index (κ1) is 13.5. The summed E-state index contributed by atoms with van der Waals surface area (Å²) in [7, 11) is 2.00. The number of fused-ring (bicyclic) bond motifs is 1. The van der Waals surface area contributed by atoms with Crippen LogP contribution in [0.5, 0.6) is 0 Å². The van der Waals surface area contributed by atoms with E-state index in [1.54, 1.807) is 6.20 Å². The highest BCUT2D eigenvalue weighted by Gasteiger charge is 2.32. The fraction of sp³-hybridized carbons (Fsp3) is 0.562. The number of nitrogens with one attached hydrogen (secondary N) is 1. The van der Waals surface area contributed by atoms with Crippen LogP contribution >= 0.6 is 0 Å². The van der Waals surface area contributed by atoms with Crippen LogP contribution in [0.3, 0.4) is 0 Å². The zero-order chi connectivity index (χ0) is 15.1. The predicted octanol–water partition coefficient (Wildman–Crippen LogP) is 1.46. The summed E-state index contributed by atoms with van der Waals surface area (Å²) in [6.07, 6.45) is 6.03. The molecule has 2 aromatic rings. The lowest BCUT2D eigenvalue weighted by Crippen LogP contribution is -2.48. The van der Waals surface area contributed by atoms with Crippen LogP contribution in [0.25, 0.3) is 11.2 Å². The molecule has 2 fully saturated rings. The molecule has 22 heavy (non-hydrogen) atoms. The number of carbonyl (C=O) groups excluding carboxylic acids is 1. The second-order valence-electron chi connectivity index (χ2n) is 6.38. The number of amides is 1. The zero-order valence-corrected chi connectivity index (χ0v) is 12.8. The summed E-state index contributed by atoms with van der Waals surface area (Å²) in [6.45, 7) is 1.81. The molecule has 1 atom stereocenters. The third kappa shape index (κ3) is 2.42. The van der Waals surface area contributed by atoms with Gasteiger partial charge in [0.2, 0.25) is 11.9 Å². The smallest absolute Gasteiger partial charge is 0.223 e. The van der Waals surface area contributed by atoms with Crippen molar-refractivity contribution >= 4 is 23.0 Å². The van der Waals surface area contributed by atoms with Gasteiger partial charge >= 0.3 is 0 Å². The van der Waals surface area contributed by atoms with Crippen molar-refractivity contribution in [3.05, 3.63) is 18.3 Å². The summed E-state index contributed by atoms with van der Waals surface area (Å²) in [5.74, 6) is 1.45. The van der Waals surface area contributed by atoms with Crippen LogP contribution in [-0.2, 0) is 11.8 Å². The van der Waals surface area contributed by atoms with Crippen molar-refractivity contribution in [2.24, 2.45) is 13.0 Å². The first-order chi connectivity index (χ1) is 10.7. The number of aryl methyl sites for hydroxylation is 1. The van der Waals surface area contributed by atoms with Crippen molar-refractivity contribution < 1.29 is 4.79 Å². The second kappa shape index (κ2) is 5.26. The summed E-state index contributed by atoms with van der Waals surface area (Å²) in [4.78, 5) is 23.3. The number of carbonyl (C=O) groups is 1. The second-order valence-corrected chi connectivity index (χ2v) is 6.38. The van der Waals surface area contributed by atoms with Gasteiger partial charge in [0.05, 0.1) is 0 Å². The topological polar surface area (TPSA) is 63.0 Å². The minimum atomic E-state index is 0.231. The molecule has 1 N–H and O–H groups in total. The van der Waals surface area contributed by atoms with Crippen molar-refractivity contribution in [1.29, 1.82) is 0 Å². The molecule has 3 heterocycles. The average molecular weight is 299 g/mol. The van der Waals surface area contributed by atoms with Gasteiger partial charge in [0, 0.05) is 38.3 Å². The van der Waals surface area contributed by atoms with Crippen molar-refractivity contribution in [2.45, 2.75) is 31.7 Å². The Morgan fingerprint density at radius 2 is 2.23 bits per heavy atom. The number of aromatic nitrogens is 3. The van der Waals surface area contributed by atoms with E-state index in [0.29, 0.717) is 0 Å². The Morgan fingerprint density at radius 1 is 1.36 bits per heavy atom. The summed E-state index contributed by atoms with van der Waals surface area (Å²) < 4.78 is 2.04. The van der Waals surface area contributed by atoms with Gasteiger partial charge < -0.3 is 10.2 Å². The number of nitrogens with zero attached hydrogens (tertiary/aromatic N) is 4. The van der Waals surface area contributed by atoms with Gasteiger partial charge in [-0.05, 0) is 37.8 Å². The standard InChI is InChI=1S/C16H21N5O/c1-20-14-13(5-2-8-17-14)19-16(20)21-9-3-4-12(10-21)18-15(22)11-6-7-11/h2,5,8,11-12H,3-4,6-7,9-10H2,1H3,(H,18,22). The number of piperidine rings is 1. The molecule has 4 rings (SSSR count). The first-order valence-corrected chi connectivity index (χ1v) is 8.05. The van der Waals surface area contributed by atoms with Crippen molar-refractivity contribution in [3.8, 4) is 0 Å². The number of hydrogen-bond donors (Lipinski definition) is 1. The molecule has 6 heteroatoms. The maximum atomic E-state index is 12.0. The molecule has 1 unspecified atom stereocenters. The average Bonchev–Trinajstić information content (AvgIpc) is 3.33. The highest BCUT2D eigenvalue weighted by Crippen LogP contribution is 2.29. The molecule has 0 aromatic carbocycles. The predicted molar refractivity (Wildman–Crippen MR) is 84.6 cm³/mol. The molecule has 1 aliphatic carbocycles. The SMILES string of the molecule is Cn1c(N2CCCC(NC(=O)C3CC3)C2)nc2cccnc21. The van der Waals surface area contributed by atoms with E-state index in [1.165, 1.54) is 0 Å². The molecule has 0 radical (unpaired) electrons. The number of rotatable bonds is 3. The van der Waals surface area contributed by atoms with Crippen LogP contribution in [0.1, 0.15) is 25.7 Å². The number of imidazole rings is 1. The molecule has 0 spiro atoms. The van der Waals surface area contributed by atoms with Gasteiger partial charge in [-0.3, -0.25) is 9.36 Å². The highest BCUT2D eigenvalue weighted by molar-refractivity contribution is 5.81. The van der Waals surface area contributed by atoms with Crippen molar-refractivity contribution in [1.82, 2.24) is 19.9 Å². The van der Waals surface area contributed by atoms with Gasteiger partial charge in [0.15, 0.2) is 5.65 Å². The van der Waals surface area contributed by atoms with E-state index in [2.05, 4.69) is 15.2 Å². The minimum absolute atomic E-state index is 0.231. The molecule has 0 bridgehead atoms. The van der Waals surface area contributed by atoms with Gasteiger partial charge in [-0.2, -0.15) is 0 Å². The van der Waals surface area contributed by atoms with Gasteiger partial charge in [0.25, 0.3) is 0 Å². The number of hydrogen-bond acceptors (Lipinski definition) is 4. The Balaban J connectivity index is 1.53. The molecule has 2 aromatic heterocycles. The maximum absolute atomic E-state index is 12.0. The summed E-state index contributed by atoms with van der Waals surface area (Å²) in [5, 5.41) is 3.20. The van der Waals surface area contributed by atoms with E-state index >= 15 is 0 Å². The Hall–Kier alpha value is -2.11. The lowest BCUT2D eigenvalue weighted by molar-refractivity contribution is -0.123. The van der Waals surface area contributed by atoms with Gasteiger partial charge in [-0.1, -0.05) is 0 Å². The largest absolute Gasteiger partial charge is 0.351 e. The molecule has 2 aliphatic rings. The lowest BCUT2D eigenvalue weighted by atomic mass is 10.1. The van der Waals surface area contributed by atoms with Gasteiger partial charge in [0.1, 0.15) is 5.52 Å². The molecule has 116 valence electrons. The summed E-state index contributed by atoms with van der Waals surface area (Å²) in [5.41, 5.74) is 1.82.